The molecule has 2 aromatic heterocycles. The molecule has 0 saturated carbocycles. The zero-order chi connectivity index (χ0) is 21.4. The Morgan fingerprint density at radius 1 is 0.613 bits per heavy atom. The average molecular weight is 415 g/mol. The summed E-state index contributed by atoms with van der Waals surface area (Å²) in [6, 6.07) is 28.2. The Bertz CT molecular complexity index is 1340. The first-order valence-electron chi connectivity index (χ1n) is 9.69. The molecular weight excluding hydrogens is 399 g/mol. The highest BCUT2D eigenvalue weighted by atomic mass is 19.4. The van der Waals surface area contributed by atoms with Crippen LogP contribution in [0, 0.1) is 0 Å². The van der Waals surface area contributed by atoms with E-state index in [1.807, 2.05) is 66.7 Å². The zero-order valence-electron chi connectivity index (χ0n) is 16.2. The lowest BCUT2D eigenvalue weighted by Gasteiger charge is -2.08. The number of imidazole rings is 1. The van der Waals surface area contributed by atoms with Gasteiger partial charge in [-0.1, -0.05) is 72.8 Å². The highest BCUT2D eigenvalue weighted by molar-refractivity contribution is 5.81. The summed E-state index contributed by atoms with van der Waals surface area (Å²) in [7, 11) is 0. The number of aromatic nitrogens is 3. The van der Waals surface area contributed by atoms with Crippen LogP contribution in [0.1, 0.15) is 5.56 Å². The Morgan fingerprint density at radius 3 is 1.84 bits per heavy atom. The van der Waals surface area contributed by atoms with Gasteiger partial charge in [-0.3, -0.25) is 0 Å². The first kappa shape index (κ1) is 19.1. The van der Waals surface area contributed by atoms with Crippen molar-refractivity contribution in [2.24, 2.45) is 0 Å². The summed E-state index contributed by atoms with van der Waals surface area (Å²) < 4.78 is 40.5. The Kier molecular flexibility index (Phi) is 4.55. The molecule has 0 aliphatic heterocycles. The zero-order valence-corrected chi connectivity index (χ0v) is 16.2. The van der Waals surface area contributed by atoms with E-state index in [1.165, 1.54) is 12.1 Å². The number of hydrogen-bond acceptors (Lipinski definition) is 2. The molecule has 0 aliphatic rings. The van der Waals surface area contributed by atoms with E-state index >= 15 is 0 Å². The van der Waals surface area contributed by atoms with E-state index in [9.17, 15) is 13.2 Å². The van der Waals surface area contributed by atoms with Crippen molar-refractivity contribution in [2.75, 3.05) is 0 Å². The maximum Gasteiger partial charge on any atom is 0.416 e. The number of fused-ring (bicyclic) bond motifs is 1. The van der Waals surface area contributed by atoms with Crippen LogP contribution in [0.3, 0.4) is 0 Å². The monoisotopic (exact) mass is 415 g/mol. The summed E-state index contributed by atoms with van der Waals surface area (Å²) in [5.41, 5.74) is 3.96. The molecule has 31 heavy (non-hydrogen) atoms. The van der Waals surface area contributed by atoms with Gasteiger partial charge in [0.1, 0.15) is 0 Å². The SMILES string of the molecule is FC(F)(F)c1ccc(-c2ccc3c(-c4ccccc4)nc(-c4ccccc4)n3n2)cc1. The lowest BCUT2D eigenvalue weighted by Crippen LogP contribution is -2.04. The van der Waals surface area contributed by atoms with E-state index in [0.29, 0.717) is 17.1 Å². The molecule has 0 bridgehead atoms. The van der Waals surface area contributed by atoms with Crippen LogP contribution >= 0.6 is 0 Å². The Hall–Kier alpha value is -3.93. The van der Waals surface area contributed by atoms with Gasteiger partial charge in [-0.05, 0) is 24.3 Å². The fourth-order valence-electron chi connectivity index (χ4n) is 3.54. The maximum absolute atomic E-state index is 12.9. The van der Waals surface area contributed by atoms with E-state index in [4.69, 9.17) is 10.1 Å². The van der Waals surface area contributed by atoms with Crippen molar-refractivity contribution < 1.29 is 13.2 Å². The highest BCUT2D eigenvalue weighted by Crippen LogP contribution is 2.32. The van der Waals surface area contributed by atoms with Crippen LogP contribution < -0.4 is 0 Å². The molecule has 0 spiro atoms. The van der Waals surface area contributed by atoms with Gasteiger partial charge < -0.3 is 0 Å². The Balaban J connectivity index is 1.69. The van der Waals surface area contributed by atoms with Crippen molar-refractivity contribution in [3.8, 4) is 33.9 Å². The quantitative estimate of drug-likeness (QED) is 0.326. The molecule has 0 atom stereocenters. The number of benzene rings is 3. The summed E-state index contributed by atoms with van der Waals surface area (Å²) in [5, 5.41) is 4.73. The fraction of sp³-hybridized carbons (Fsp3) is 0.0400. The van der Waals surface area contributed by atoms with Crippen molar-refractivity contribution in [1.29, 1.82) is 0 Å². The van der Waals surface area contributed by atoms with Gasteiger partial charge in [0, 0.05) is 16.7 Å². The maximum atomic E-state index is 12.9. The van der Waals surface area contributed by atoms with Crippen LogP contribution in [0.4, 0.5) is 13.2 Å². The third-order valence-corrected chi connectivity index (χ3v) is 5.08. The molecule has 3 nitrogen and oxygen atoms in total. The molecule has 0 radical (unpaired) electrons. The summed E-state index contributed by atoms with van der Waals surface area (Å²) in [6.07, 6.45) is -4.37. The first-order valence-corrected chi connectivity index (χ1v) is 9.69. The summed E-state index contributed by atoms with van der Waals surface area (Å²) in [5.74, 6) is 0.670. The van der Waals surface area contributed by atoms with Crippen molar-refractivity contribution >= 4 is 5.52 Å². The Morgan fingerprint density at radius 2 is 1.23 bits per heavy atom. The number of alkyl halides is 3. The van der Waals surface area contributed by atoms with Crippen molar-refractivity contribution in [2.45, 2.75) is 6.18 Å². The van der Waals surface area contributed by atoms with Crippen LogP contribution in [0.2, 0.25) is 0 Å². The molecule has 5 aromatic rings. The van der Waals surface area contributed by atoms with Crippen LogP contribution in [-0.2, 0) is 6.18 Å². The standard InChI is InChI=1S/C25H16F3N3/c26-25(27,28)20-13-11-17(12-14-20)21-15-16-22-23(18-7-3-1-4-8-18)29-24(31(22)30-21)19-9-5-2-6-10-19/h1-16H. The number of nitrogens with zero attached hydrogens (tertiary/aromatic N) is 3. The molecule has 5 rings (SSSR count). The minimum absolute atomic E-state index is 0.565. The minimum Gasteiger partial charge on any atom is -0.226 e. The molecule has 6 heteroatoms. The van der Waals surface area contributed by atoms with Crippen LogP contribution in [0.25, 0.3) is 39.4 Å². The predicted molar refractivity (Wildman–Crippen MR) is 114 cm³/mol. The number of rotatable bonds is 3. The normalized spacial score (nSPS) is 11.7. The van der Waals surface area contributed by atoms with Gasteiger partial charge in [-0.2, -0.15) is 18.3 Å². The smallest absolute Gasteiger partial charge is 0.226 e. The Labute approximate surface area is 176 Å². The molecule has 0 aliphatic carbocycles. The van der Waals surface area contributed by atoms with Gasteiger partial charge >= 0.3 is 6.18 Å². The van der Waals surface area contributed by atoms with Crippen molar-refractivity contribution in [3.63, 3.8) is 0 Å². The molecule has 0 amide bonds. The van der Waals surface area contributed by atoms with Crippen LogP contribution in [0.15, 0.2) is 97.1 Å². The second-order valence-electron chi connectivity index (χ2n) is 7.11. The van der Waals surface area contributed by atoms with Crippen molar-refractivity contribution in [3.05, 3.63) is 103 Å². The molecule has 152 valence electrons. The number of halogens is 3. The third kappa shape index (κ3) is 3.57. The van der Waals surface area contributed by atoms with Crippen LogP contribution in [-0.4, -0.2) is 14.6 Å². The third-order valence-electron chi connectivity index (χ3n) is 5.08. The van der Waals surface area contributed by atoms with E-state index in [2.05, 4.69) is 0 Å². The lowest BCUT2D eigenvalue weighted by atomic mass is 10.1. The summed E-state index contributed by atoms with van der Waals surface area (Å²) in [6.45, 7) is 0. The van der Waals surface area contributed by atoms with Gasteiger partial charge in [-0.25, -0.2) is 9.50 Å². The topological polar surface area (TPSA) is 30.2 Å². The molecular formula is C25H16F3N3. The van der Waals surface area contributed by atoms with E-state index in [1.54, 1.807) is 10.6 Å². The molecule has 0 N–H and O–H groups in total. The number of hydrogen-bond donors (Lipinski definition) is 0. The molecule has 0 fully saturated rings. The summed E-state index contributed by atoms with van der Waals surface area (Å²) >= 11 is 0. The largest absolute Gasteiger partial charge is 0.416 e. The molecule has 0 unspecified atom stereocenters. The van der Waals surface area contributed by atoms with E-state index < -0.39 is 11.7 Å². The average Bonchev–Trinajstić information content (AvgIpc) is 3.19. The predicted octanol–water partition coefficient (Wildman–Crippen LogP) is 6.75. The van der Waals surface area contributed by atoms with Gasteiger partial charge in [0.05, 0.1) is 22.5 Å². The van der Waals surface area contributed by atoms with Gasteiger partial charge in [-0.15, -0.1) is 0 Å². The highest BCUT2D eigenvalue weighted by Gasteiger charge is 2.30. The van der Waals surface area contributed by atoms with E-state index in [0.717, 1.165) is 34.5 Å². The van der Waals surface area contributed by atoms with Gasteiger partial charge in [0.25, 0.3) is 0 Å². The van der Waals surface area contributed by atoms with E-state index in [-0.39, 0.29) is 0 Å². The second kappa shape index (κ2) is 7.40. The van der Waals surface area contributed by atoms with Gasteiger partial charge in [0.15, 0.2) is 5.82 Å². The summed E-state index contributed by atoms with van der Waals surface area (Å²) in [4.78, 5) is 4.86. The van der Waals surface area contributed by atoms with Gasteiger partial charge in [0.2, 0.25) is 0 Å². The lowest BCUT2D eigenvalue weighted by molar-refractivity contribution is -0.137. The molecule has 3 aromatic carbocycles. The molecule has 2 heterocycles. The minimum atomic E-state index is -4.37. The van der Waals surface area contributed by atoms with Crippen LogP contribution in [0.5, 0.6) is 0 Å². The molecule has 0 saturated heterocycles. The first-order chi connectivity index (χ1) is 15.0. The van der Waals surface area contributed by atoms with Crippen molar-refractivity contribution in [1.82, 2.24) is 14.6 Å². The second-order valence-corrected chi connectivity index (χ2v) is 7.11. The fourth-order valence-corrected chi connectivity index (χ4v) is 3.54.